The zero-order chi connectivity index (χ0) is 13.2. The van der Waals surface area contributed by atoms with E-state index in [0.29, 0.717) is 43.3 Å². The van der Waals surface area contributed by atoms with Crippen molar-refractivity contribution in [3.8, 4) is 0 Å². The van der Waals surface area contributed by atoms with E-state index in [1.165, 1.54) is 0 Å². The van der Waals surface area contributed by atoms with E-state index in [1.807, 2.05) is 6.92 Å². The molecule has 1 unspecified atom stereocenters. The van der Waals surface area contributed by atoms with Crippen LogP contribution in [0.25, 0.3) is 0 Å². The van der Waals surface area contributed by atoms with Crippen LogP contribution in [0.4, 0.5) is 0 Å². The molecule has 1 N–H and O–H groups in total. The molecule has 0 amide bonds. The molecule has 2 heterocycles. The topological polar surface area (TPSA) is 56.5 Å². The van der Waals surface area contributed by atoms with Crippen molar-refractivity contribution < 1.29 is 14.6 Å². The number of halogens is 1. The maximum Gasteiger partial charge on any atom is 0.126 e. The number of methoxy groups -OCH3 is 1. The largest absolute Gasteiger partial charge is 0.384 e. The number of hydrogen-bond donors (Lipinski definition) is 1. The van der Waals surface area contributed by atoms with E-state index in [9.17, 15) is 5.11 Å². The quantitative estimate of drug-likeness (QED) is 0.909. The monoisotopic (exact) mass is 274 g/mol. The van der Waals surface area contributed by atoms with Crippen molar-refractivity contribution in [2.24, 2.45) is 0 Å². The Morgan fingerprint density at radius 3 is 2.83 bits per heavy atom. The highest BCUT2D eigenvalue weighted by Crippen LogP contribution is 2.39. The fraction of sp³-hybridized carbons (Fsp3) is 0.750. The van der Waals surface area contributed by atoms with Crippen LogP contribution in [0.2, 0.25) is 5.02 Å². The predicted octanol–water partition coefficient (Wildman–Crippen LogP) is 1.79. The summed E-state index contributed by atoms with van der Waals surface area (Å²) in [5.41, 5.74) is -0.00242. The standard InChI is InChI=1S/C12H19ClN2O3/c1-3-15-10(9(13)8-14-15)11(16)12(17-2)4-6-18-7-5-12/h8,11,16H,3-7H2,1-2H3. The summed E-state index contributed by atoms with van der Waals surface area (Å²) in [6, 6.07) is 0. The van der Waals surface area contributed by atoms with E-state index >= 15 is 0 Å². The molecule has 1 aliphatic heterocycles. The molecular formula is C12H19ClN2O3. The van der Waals surface area contributed by atoms with Gasteiger partial charge in [0, 0.05) is 39.7 Å². The molecular weight excluding hydrogens is 256 g/mol. The average molecular weight is 275 g/mol. The predicted molar refractivity (Wildman–Crippen MR) is 67.7 cm³/mol. The molecule has 0 spiro atoms. The number of hydrogen-bond acceptors (Lipinski definition) is 4. The van der Waals surface area contributed by atoms with Crippen molar-refractivity contribution in [2.45, 2.75) is 38.0 Å². The Kier molecular flexibility index (Phi) is 4.27. The van der Waals surface area contributed by atoms with Gasteiger partial charge in [0.1, 0.15) is 11.7 Å². The fourth-order valence-corrected chi connectivity index (χ4v) is 2.70. The number of aromatic nitrogens is 2. The Balaban J connectivity index is 2.33. The highest BCUT2D eigenvalue weighted by molar-refractivity contribution is 6.31. The first-order chi connectivity index (χ1) is 8.64. The molecule has 1 atom stereocenters. The SMILES string of the molecule is CCn1ncc(Cl)c1C(O)C1(OC)CCOCC1. The van der Waals surface area contributed by atoms with E-state index in [4.69, 9.17) is 21.1 Å². The zero-order valence-electron chi connectivity index (χ0n) is 10.7. The first-order valence-electron chi connectivity index (χ1n) is 6.17. The van der Waals surface area contributed by atoms with Gasteiger partial charge in [-0.25, -0.2) is 0 Å². The third kappa shape index (κ3) is 2.28. The highest BCUT2D eigenvalue weighted by Gasteiger charge is 2.43. The Morgan fingerprint density at radius 1 is 1.61 bits per heavy atom. The van der Waals surface area contributed by atoms with Crippen LogP contribution in [0, 0.1) is 0 Å². The molecule has 18 heavy (non-hydrogen) atoms. The van der Waals surface area contributed by atoms with Crippen LogP contribution in [0.15, 0.2) is 6.20 Å². The summed E-state index contributed by atoms with van der Waals surface area (Å²) in [7, 11) is 1.62. The number of aliphatic hydroxyl groups is 1. The molecule has 102 valence electrons. The van der Waals surface area contributed by atoms with Gasteiger partial charge in [-0.05, 0) is 6.92 Å². The number of aliphatic hydroxyl groups excluding tert-OH is 1. The van der Waals surface area contributed by atoms with Crippen LogP contribution < -0.4 is 0 Å². The minimum atomic E-state index is -0.790. The Bertz CT molecular complexity index is 402. The summed E-state index contributed by atoms with van der Waals surface area (Å²) in [6.07, 6.45) is 2.07. The third-order valence-electron chi connectivity index (χ3n) is 3.64. The molecule has 5 nitrogen and oxygen atoms in total. The minimum absolute atomic E-state index is 0.479. The van der Waals surface area contributed by atoms with Crippen LogP contribution in [0.5, 0.6) is 0 Å². The summed E-state index contributed by atoms with van der Waals surface area (Å²) in [6.45, 7) is 3.80. The lowest BCUT2D eigenvalue weighted by Gasteiger charge is -2.39. The summed E-state index contributed by atoms with van der Waals surface area (Å²) < 4.78 is 12.6. The lowest BCUT2D eigenvalue weighted by atomic mass is 9.86. The van der Waals surface area contributed by atoms with Gasteiger partial charge >= 0.3 is 0 Å². The van der Waals surface area contributed by atoms with Gasteiger partial charge in [0.15, 0.2) is 0 Å². The lowest BCUT2D eigenvalue weighted by Crippen LogP contribution is -2.44. The summed E-state index contributed by atoms with van der Waals surface area (Å²) in [4.78, 5) is 0. The second-order valence-corrected chi connectivity index (χ2v) is 4.88. The smallest absolute Gasteiger partial charge is 0.126 e. The number of ether oxygens (including phenoxy) is 2. The van der Waals surface area contributed by atoms with Gasteiger partial charge in [0.2, 0.25) is 0 Å². The van der Waals surface area contributed by atoms with Gasteiger partial charge in [-0.15, -0.1) is 0 Å². The Labute approximate surface area is 112 Å². The summed E-state index contributed by atoms with van der Waals surface area (Å²) in [5, 5.41) is 15.3. The van der Waals surface area contributed by atoms with Crippen molar-refractivity contribution in [2.75, 3.05) is 20.3 Å². The van der Waals surface area contributed by atoms with Crippen LogP contribution in [0.1, 0.15) is 31.6 Å². The first-order valence-corrected chi connectivity index (χ1v) is 6.54. The molecule has 6 heteroatoms. The molecule has 0 aliphatic carbocycles. The minimum Gasteiger partial charge on any atom is -0.384 e. The van der Waals surface area contributed by atoms with Crippen LogP contribution in [0.3, 0.4) is 0 Å². The van der Waals surface area contributed by atoms with Gasteiger partial charge in [-0.2, -0.15) is 5.10 Å². The maximum atomic E-state index is 10.7. The molecule has 1 aromatic rings. The van der Waals surface area contributed by atoms with E-state index in [0.717, 1.165) is 0 Å². The van der Waals surface area contributed by atoms with Crippen molar-refractivity contribution in [3.05, 3.63) is 16.9 Å². The number of nitrogens with zero attached hydrogens (tertiary/aromatic N) is 2. The van der Waals surface area contributed by atoms with Crippen LogP contribution in [-0.4, -0.2) is 40.8 Å². The first kappa shape index (κ1) is 13.8. The molecule has 0 aromatic carbocycles. The maximum absolute atomic E-state index is 10.7. The molecule has 2 rings (SSSR count). The average Bonchev–Trinajstić information content (AvgIpc) is 2.79. The molecule has 1 aliphatic rings. The van der Waals surface area contributed by atoms with Crippen molar-refractivity contribution >= 4 is 11.6 Å². The normalized spacial score (nSPS) is 20.9. The second-order valence-electron chi connectivity index (χ2n) is 4.48. The molecule has 1 aromatic heterocycles. The fourth-order valence-electron chi connectivity index (χ4n) is 2.45. The molecule has 0 radical (unpaired) electrons. The summed E-state index contributed by atoms with van der Waals surface area (Å²) in [5.74, 6) is 0. The van der Waals surface area contributed by atoms with Gasteiger partial charge in [-0.3, -0.25) is 4.68 Å². The third-order valence-corrected chi connectivity index (χ3v) is 3.93. The molecule has 0 bridgehead atoms. The zero-order valence-corrected chi connectivity index (χ0v) is 11.5. The van der Waals surface area contributed by atoms with Crippen molar-refractivity contribution in [3.63, 3.8) is 0 Å². The van der Waals surface area contributed by atoms with Gasteiger partial charge in [0.05, 0.1) is 16.9 Å². The van der Waals surface area contributed by atoms with Gasteiger partial charge < -0.3 is 14.6 Å². The molecule has 1 fully saturated rings. The molecule has 0 saturated carbocycles. The Hall–Kier alpha value is -0.620. The second kappa shape index (κ2) is 5.57. The Morgan fingerprint density at radius 2 is 2.28 bits per heavy atom. The van der Waals surface area contributed by atoms with Gasteiger partial charge in [-0.1, -0.05) is 11.6 Å². The molecule has 1 saturated heterocycles. The van der Waals surface area contributed by atoms with Crippen LogP contribution in [-0.2, 0) is 16.0 Å². The highest BCUT2D eigenvalue weighted by atomic mass is 35.5. The van der Waals surface area contributed by atoms with Gasteiger partial charge in [0.25, 0.3) is 0 Å². The number of aryl methyl sites for hydroxylation is 1. The van der Waals surface area contributed by atoms with E-state index in [-0.39, 0.29) is 0 Å². The van der Waals surface area contributed by atoms with E-state index < -0.39 is 11.7 Å². The number of rotatable bonds is 4. The summed E-state index contributed by atoms with van der Waals surface area (Å²) >= 11 is 6.13. The van der Waals surface area contributed by atoms with Crippen LogP contribution >= 0.6 is 11.6 Å². The van der Waals surface area contributed by atoms with E-state index in [2.05, 4.69) is 5.10 Å². The van der Waals surface area contributed by atoms with E-state index in [1.54, 1.807) is 18.0 Å². The van der Waals surface area contributed by atoms with Crippen molar-refractivity contribution in [1.29, 1.82) is 0 Å². The van der Waals surface area contributed by atoms with Crippen molar-refractivity contribution in [1.82, 2.24) is 9.78 Å². The lowest BCUT2D eigenvalue weighted by molar-refractivity contribution is -0.156.